The summed E-state index contributed by atoms with van der Waals surface area (Å²) in [6.45, 7) is 1.56. The zero-order valence-corrected chi connectivity index (χ0v) is 25.3. The van der Waals surface area contributed by atoms with Crippen molar-refractivity contribution in [2.75, 3.05) is 17.4 Å². The highest BCUT2D eigenvalue weighted by Crippen LogP contribution is 2.27. The molecular formula is C32H31Cl2N3O4S. The van der Waals surface area contributed by atoms with Gasteiger partial charge in [-0.05, 0) is 54.4 Å². The Kier molecular flexibility index (Phi) is 10.6. The van der Waals surface area contributed by atoms with Crippen LogP contribution < -0.4 is 9.62 Å². The van der Waals surface area contributed by atoms with Gasteiger partial charge in [-0.2, -0.15) is 0 Å². The lowest BCUT2D eigenvalue weighted by Crippen LogP contribution is -2.53. The fraction of sp³-hybridized carbons (Fsp3) is 0.188. The number of nitrogens with one attached hydrogen (secondary N) is 1. The van der Waals surface area contributed by atoms with Crippen molar-refractivity contribution < 1.29 is 18.0 Å². The van der Waals surface area contributed by atoms with Crippen LogP contribution in [0.2, 0.25) is 10.0 Å². The number of sulfonamides is 1. The summed E-state index contributed by atoms with van der Waals surface area (Å²) in [4.78, 5) is 29.2. The Balaban J connectivity index is 1.79. The number of carbonyl (C=O) groups excluding carboxylic acids is 2. The Morgan fingerprint density at radius 2 is 1.43 bits per heavy atom. The number of hydrogen-bond donors (Lipinski definition) is 1. The molecular weight excluding hydrogens is 593 g/mol. The monoisotopic (exact) mass is 623 g/mol. The average molecular weight is 625 g/mol. The Bertz CT molecular complexity index is 1610. The minimum Gasteiger partial charge on any atom is -0.355 e. The van der Waals surface area contributed by atoms with Crippen LogP contribution in [-0.2, 0) is 32.6 Å². The highest BCUT2D eigenvalue weighted by atomic mass is 35.5. The molecule has 0 bridgehead atoms. The summed E-state index contributed by atoms with van der Waals surface area (Å²) in [5.41, 5.74) is 1.72. The van der Waals surface area contributed by atoms with Crippen LogP contribution in [0.15, 0.2) is 114 Å². The van der Waals surface area contributed by atoms with Gasteiger partial charge in [-0.3, -0.25) is 13.9 Å². The van der Waals surface area contributed by atoms with Gasteiger partial charge in [0.25, 0.3) is 10.0 Å². The lowest BCUT2D eigenvalue weighted by atomic mass is 10.0. The number of likely N-dealkylation sites (N-methyl/N-ethyl adjacent to an activating group) is 1. The van der Waals surface area contributed by atoms with Crippen LogP contribution >= 0.6 is 23.2 Å². The van der Waals surface area contributed by atoms with Crippen LogP contribution in [0.4, 0.5) is 5.69 Å². The molecule has 10 heteroatoms. The van der Waals surface area contributed by atoms with Crippen molar-refractivity contribution in [1.82, 2.24) is 10.2 Å². The van der Waals surface area contributed by atoms with Crippen LogP contribution in [0.3, 0.4) is 0 Å². The topological polar surface area (TPSA) is 86.8 Å². The van der Waals surface area contributed by atoms with Gasteiger partial charge in [-0.25, -0.2) is 8.42 Å². The molecule has 0 aliphatic heterocycles. The van der Waals surface area contributed by atoms with E-state index in [9.17, 15) is 18.0 Å². The van der Waals surface area contributed by atoms with E-state index in [1.165, 1.54) is 17.0 Å². The molecule has 0 saturated carbocycles. The molecule has 4 aromatic carbocycles. The zero-order valence-electron chi connectivity index (χ0n) is 23.0. The van der Waals surface area contributed by atoms with E-state index in [0.29, 0.717) is 27.8 Å². The van der Waals surface area contributed by atoms with Crippen molar-refractivity contribution in [3.05, 3.63) is 130 Å². The van der Waals surface area contributed by atoms with E-state index in [1.54, 1.807) is 73.7 Å². The number of nitrogens with zero attached hydrogens (tertiary/aromatic N) is 2. The van der Waals surface area contributed by atoms with Crippen molar-refractivity contribution >= 4 is 50.7 Å². The molecule has 0 aromatic heterocycles. The first-order chi connectivity index (χ1) is 20.2. The van der Waals surface area contributed by atoms with E-state index in [1.807, 2.05) is 30.3 Å². The Hall–Kier alpha value is -3.85. The second-order valence-electron chi connectivity index (χ2n) is 9.52. The summed E-state index contributed by atoms with van der Waals surface area (Å²) in [6.07, 6.45) is 0.209. The van der Waals surface area contributed by atoms with Gasteiger partial charge < -0.3 is 10.2 Å². The lowest BCUT2D eigenvalue weighted by Gasteiger charge is -2.34. The van der Waals surface area contributed by atoms with Crippen LogP contribution in [0, 0.1) is 0 Å². The molecule has 0 heterocycles. The highest BCUT2D eigenvalue weighted by Gasteiger charge is 2.34. The molecule has 0 saturated heterocycles. The van der Waals surface area contributed by atoms with E-state index in [-0.39, 0.29) is 23.8 Å². The molecule has 1 N–H and O–H groups in total. The van der Waals surface area contributed by atoms with E-state index < -0.39 is 28.5 Å². The molecule has 0 aliphatic carbocycles. The third-order valence-corrected chi connectivity index (χ3v) is 9.01. The number of halogens is 2. The van der Waals surface area contributed by atoms with Crippen LogP contribution in [-0.4, -0.2) is 44.3 Å². The predicted octanol–water partition coefficient (Wildman–Crippen LogP) is 5.96. The largest absolute Gasteiger partial charge is 0.355 e. The van der Waals surface area contributed by atoms with E-state index >= 15 is 0 Å². The third kappa shape index (κ3) is 7.70. The van der Waals surface area contributed by atoms with Crippen molar-refractivity contribution in [2.24, 2.45) is 0 Å². The molecule has 1 unspecified atom stereocenters. The molecule has 4 aromatic rings. The number of amides is 2. The lowest BCUT2D eigenvalue weighted by molar-refractivity contribution is -0.140. The summed E-state index contributed by atoms with van der Waals surface area (Å²) < 4.78 is 28.8. The summed E-state index contributed by atoms with van der Waals surface area (Å²) in [5.74, 6) is -0.937. The zero-order chi connectivity index (χ0) is 30.1. The van der Waals surface area contributed by atoms with Gasteiger partial charge in [0, 0.05) is 29.6 Å². The fourth-order valence-electron chi connectivity index (χ4n) is 4.52. The Morgan fingerprint density at radius 1 is 0.833 bits per heavy atom. The molecule has 7 nitrogen and oxygen atoms in total. The van der Waals surface area contributed by atoms with E-state index in [4.69, 9.17) is 23.2 Å². The first kappa shape index (κ1) is 31.1. The maximum atomic E-state index is 14.3. The van der Waals surface area contributed by atoms with Gasteiger partial charge in [0.1, 0.15) is 12.6 Å². The first-order valence-electron chi connectivity index (χ1n) is 13.4. The maximum absolute atomic E-state index is 14.3. The molecule has 0 fully saturated rings. The van der Waals surface area contributed by atoms with Crippen molar-refractivity contribution in [1.29, 1.82) is 0 Å². The third-order valence-electron chi connectivity index (χ3n) is 6.63. The van der Waals surface area contributed by atoms with Gasteiger partial charge in [0.05, 0.1) is 10.6 Å². The summed E-state index contributed by atoms with van der Waals surface area (Å²) in [5, 5.41) is 3.58. The van der Waals surface area contributed by atoms with Crippen molar-refractivity contribution in [3.8, 4) is 0 Å². The molecule has 218 valence electrons. The Morgan fingerprint density at radius 3 is 2.02 bits per heavy atom. The van der Waals surface area contributed by atoms with Crippen LogP contribution in [0.25, 0.3) is 0 Å². The Labute approximate surface area is 256 Å². The van der Waals surface area contributed by atoms with Crippen LogP contribution in [0.5, 0.6) is 0 Å². The highest BCUT2D eigenvalue weighted by molar-refractivity contribution is 7.92. The molecule has 2 amide bonds. The number of rotatable bonds is 12. The number of carbonyl (C=O) groups is 2. The first-order valence-corrected chi connectivity index (χ1v) is 15.6. The molecule has 1 atom stereocenters. The SMILES string of the molecule is CCNC(=O)C(Cc1ccccc1)N(Cc1ccc(Cl)cc1Cl)C(=O)CN(c1ccccc1)S(=O)(=O)c1ccccc1. The minimum absolute atomic E-state index is 0.0403. The van der Waals surface area contributed by atoms with Gasteiger partial charge in [-0.1, -0.05) is 96.0 Å². The van der Waals surface area contributed by atoms with E-state index in [0.717, 1.165) is 9.87 Å². The van der Waals surface area contributed by atoms with Gasteiger partial charge in [0.2, 0.25) is 11.8 Å². The second-order valence-corrected chi connectivity index (χ2v) is 12.2. The molecule has 42 heavy (non-hydrogen) atoms. The predicted molar refractivity (Wildman–Crippen MR) is 167 cm³/mol. The summed E-state index contributed by atoms with van der Waals surface area (Å²) >= 11 is 12.6. The van der Waals surface area contributed by atoms with E-state index in [2.05, 4.69) is 5.32 Å². The summed E-state index contributed by atoms with van der Waals surface area (Å²) in [6, 6.07) is 29.6. The average Bonchev–Trinajstić information content (AvgIpc) is 3.00. The maximum Gasteiger partial charge on any atom is 0.264 e. The number of anilines is 1. The van der Waals surface area contributed by atoms with Gasteiger partial charge in [-0.15, -0.1) is 0 Å². The van der Waals surface area contributed by atoms with Gasteiger partial charge in [0.15, 0.2) is 0 Å². The molecule has 4 rings (SSSR count). The minimum atomic E-state index is -4.14. The summed E-state index contributed by atoms with van der Waals surface area (Å²) in [7, 11) is -4.14. The molecule has 0 spiro atoms. The van der Waals surface area contributed by atoms with Crippen molar-refractivity contribution in [2.45, 2.75) is 30.8 Å². The number of benzene rings is 4. The normalized spacial score (nSPS) is 11.9. The standard InChI is InChI=1S/C32H31Cl2N3O4S/c1-2-35-32(39)30(20-24-12-6-3-7-13-24)36(22-25-18-19-26(33)21-29(25)34)31(38)23-37(27-14-8-4-9-15-27)42(40,41)28-16-10-5-11-17-28/h3-19,21,30H,2,20,22-23H2,1H3,(H,35,39). The van der Waals surface area contributed by atoms with Gasteiger partial charge >= 0.3 is 0 Å². The smallest absolute Gasteiger partial charge is 0.264 e. The molecule has 0 radical (unpaired) electrons. The number of hydrogen-bond acceptors (Lipinski definition) is 4. The van der Waals surface area contributed by atoms with Crippen LogP contribution in [0.1, 0.15) is 18.1 Å². The second kappa shape index (κ2) is 14.4. The van der Waals surface area contributed by atoms with Crippen molar-refractivity contribution in [3.63, 3.8) is 0 Å². The fourth-order valence-corrected chi connectivity index (χ4v) is 6.43. The number of para-hydroxylation sites is 1. The molecule has 0 aliphatic rings. The quantitative estimate of drug-likeness (QED) is 0.211.